The number of alkyl halides is 6. The highest BCUT2D eigenvalue weighted by atomic mass is 32.1. The van der Waals surface area contributed by atoms with Crippen LogP contribution >= 0.6 is 11.3 Å². The van der Waals surface area contributed by atoms with Crippen LogP contribution in [0.25, 0.3) is 0 Å². The zero-order valence-electron chi connectivity index (χ0n) is 29.9. The number of rotatable bonds is 9. The van der Waals surface area contributed by atoms with Crippen molar-refractivity contribution in [3.8, 4) is 11.5 Å². The van der Waals surface area contributed by atoms with Crippen molar-refractivity contribution in [1.29, 1.82) is 0 Å². The molecule has 304 valence electrons. The normalized spacial score (nSPS) is 19.6. The van der Waals surface area contributed by atoms with Crippen molar-refractivity contribution in [2.45, 2.75) is 58.4 Å². The van der Waals surface area contributed by atoms with Crippen molar-refractivity contribution < 1.29 is 50.5 Å². The van der Waals surface area contributed by atoms with E-state index in [2.05, 4.69) is 14.8 Å². The molecule has 0 spiro atoms. The van der Waals surface area contributed by atoms with Crippen LogP contribution in [0.5, 0.6) is 11.5 Å². The molecule has 2 unspecified atom stereocenters. The molecule has 3 aliphatic heterocycles. The largest absolute Gasteiger partial charge is 0.507 e. The van der Waals surface area contributed by atoms with Gasteiger partial charge < -0.3 is 29.3 Å². The molecule has 3 aliphatic rings. The first-order valence-electron chi connectivity index (χ1n) is 18.0. The number of pyridine rings is 1. The van der Waals surface area contributed by atoms with Crippen LogP contribution in [0.2, 0.25) is 0 Å². The molecule has 2 atom stereocenters. The van der Waals surface area contributed by atoms with Crippen LogP contribution in [0.15, 0.2) is 54.2 Å². The van der Waals surface area contributed by atoms with Crippen molar-refractivity contribution in [3.05, 3.63) is 70.2 Å². The van der Waals surface area contributed by atoms with E-state index in [1.165, 1.54) is 4.90 Å². The number of likely N-dealkylation sites (tertiary alicyclic amines) is 1. The highest BCUT2D eigenvalue weighted by molar-refractivity contribution is 7.10. The third-order valence-electron chi connectivity index (χ3n) is 9.73. The Morgan fingerprint density at radius 1 is 0.982 bits per heavy atom. The molecule has 0 aliphatic carbocycles. The standard InChI is InChI=1S/C32H42F3N5O4.C5H3F3OS.CH4/c1-2-6-27-24(7-5-12-40(27)31(42)25-23-36-11-10-26(25)32(33,34)35)30(41)39-15-13-38(14-16-39)28-8-3-4-9-29(28)44-22-19-37-17-20-43-21-18-37;6-5(7,8)4-1-3(9)2-10-4;/h3-4,8-11,23-24,27H,2,5-7,12-22H2,1H3;1-2,9H;1H4. The molecule has 55 heavy (non-hydrogen) atoms. The van der Waals surface area contributed by atoms with Gasteiger partial charge in [0.1, 0.15) is 23.0 Å². The minimum Gasteiger partial charge on any atom is -0.507 e. The smallest absolute Gasteiger partial charge is 0.425 e. The van der Waals surface area contributed by atoms with Crippen LogP contribution in [0, 0.1) is 5.92 Å². The van der Waals surface area contributed by atoms with Crippen LogP contribution in [0.4, 0.5) is 32.0 Å². The Bertz CT molecular complexity index is 1680. The Morgan fingerprint density at radius 2 is 1.69 bits per heavy atom. The van der Waals surface area contributed by atoms with E-state index in [0.29, 0.717) is 82.4 Å². The third kappa shape index (κ3) is 11.5. The van der Waals surface area contributed by atoms with Crippen LogP contribution in [-0.2, 0) is 21.9 Å². The van der Waals surface area contributed by atoms with Gasteiger partial charge in [-0.3, -0.25) is 19.5 Å². The number of hydrogen-bond donors (Lipinski definition) is 1. The van der Waals surface area contributed by atoms with Gasteiger partial charge in [0.2, 0.25) is 5.91 Å². The lowest BCUT2D eigenvalue weighted by atomic mass is 9.84. The molecule has 5 heterocycles. The lowest BCUT2D eigenvalue weighted by molar-refractivity contribution is -0.140. The number of para-hydroxylation sites is 2. The van der Waals surface area contributed by atoms with Crippen LogP contribution in [-0.4, -0.2) is 115 Å². The number of hydrogen-bond acceptors (Lipinski definition) is 9. The predicted molar refractivity (Wildman–Crippen MR) is 197 cm³/mol. The number of piperidine rings is 1. The fourth-order valence-electron chi connectivity index (χ4n) is 7.04. The number of nitrogens with zero attached hydrogens (tertiary/aromatic N) is 5. The zero-order valence-corrected chi connectivity index (χ0v) is 30.8. The second kappa shape index (κ2) is 19.7. The summed E-state index contributed by atoms with van der Waals surface area (Å²) in [6.07, 6.45) is -4.57. The van der Waals surface area contributed by atoms with E-state index in [-0.39, 0.29) is 19.1 Å². The average molecular weight is 802 g/mol. The van der Waals surface area contributed by atoms with E-state index in [0.717, 1.165) is 68.1 Å². The predicted octanol–water partition coefficient (Wildman–Crippen LogP) is 7.29. The maximum Gasteiger partial charge on any atom is 0.425 e. The van der Waals surface area contributed by atoms with Crippen molar-refractivity contribution in [1.82, 2.24) is 19.7 Å². The molecule has 3 fully saturated rings. The summed E-state index contributed by atoms with van der Waals surface area (Å²) in [6, 6.07) is 9.02. The Balaban J connectivity index is 0.000000532. The minimum absolute atomic E-state index is 0. The SMILES string of the molecule is C.CCCC1C(C(=O)N2CCN(c3ccccc3OCCN3CCOCC3)CC2)CCCN1C(=O)c1cnccc1C(F)(F)F.Oc1csc(C(F)(F)F)c1. The third-order valence-corrected chi connectivity index (χ3v) is 10.7. The Morgan fingerprint density at radius 3 is 2.31 bits per heavy atom. The molecule has 1 aromatic carbocycles. The first kappa shape index (κ1) is 43.6. The van der Waals surface area contributed by atoms with Crippen molar-refractivity contribution in [2.75, 3.05) is 77.1 Å². The Labute approximate surface area is 321 Å². The number of carbonyl (C=O) groups is 2. The van der Waals surface area contributed by atoms with Gasteiger partial charge in [-0.15, -0.1) is 11.3 Å². The van der Waals surface area contributed by atoms with Crippen LogP contribution < -0.4 is 9.64 Å². The van der Waals surface area contributed by atoms with Gasteiger partial charge in [0.25, 0.3) is 5.91 Å². The maximum atomic E-state index is 13.9. The number of anilines is 1. The van der Waals surface area contributed by atoms with E-state index in [9.17, 15) is 35.9 Å². The molecule has 1 N–H and O–H groups in total. The molecule has 17 heteroatoms. The molecule has 0 bridgehead atoms. The summed E-state index contributed by atoms with van der Waals surface area (Å²) in [5.41, 5.74) is -0.465. The molecule has 0 saturated carbocycles. The summed E-state index contributed by atoms with van der Waals surface area (Å²) in [6.45, 7) is 9.30. The number of carbonyl (C=O) groups excluding carboxylic acids is 2. The van der Waals surface area contributed by atoms with Crippen molar-refractivity contribution in [2.24, 2.45) is 5.92 Å². The lowest BCUT2D eigenvalue weighted by Crippen LogP contribution is -2.56. The molecular formula is C38H49F6N5O5S. The summed E-state index contributed by atoms with van der Waals surface area (Å²) in [5.74, 6) is -0.716. The molecule has 0 radical (unpaired) electrons. The Hall–Kier alpha value is -4.09. The summed E-state index contributed by atoms with van der Waals surface area (Å²) in [5, 5.41) is 9.57. The van der Waals surface area contributed by atoms with E-state index in [1.807, 2.05) is 36.1 Å². The Kier molecular flexibility index (Phi) is 15.6. The number of thiophene rings is 1. The molecule has 10 nitrogen and oxygen atoms in total. The van der Waals surface area contributed by atoms with E-state index >= 15 is 0 Å². The number of piperazine rings is 1. The number of benzene rings is 1. The van der Waals surface area contributed by atoms with Gasteiger partial charge in [-0.1, -0.05) is 32.9 Å². The van der Waals surface area contributed by atoms with Crippen LogP contribution in [0.1, 0.15) is 60.8 Å². The summed E-state index contributed by atoms with van der Waals surface area (Å²) in [4.78, 5) is 38.4. The molecule has 6 rings (SSSR count). The maximum absolute atomic E-state index is 13.9. The van der Waals surface area contributed by atoms with Gasteiger partial charge in [0, 0.05) is 82.2 Å². The fourth-order valence-corrected chi connectivity index (χ4v) is 7.68. The van der Waals surface area contributed by atoms with E-state index in [1.54, 1.807) is 0 Å². The number of halogens is 6. The fraction of sp³-hybridized carbons (Fsp3) is 0.553. The minimum atomic E-state index is -4.68. The van der Waals surface area contributed by atoms with E-state index < -0.39 is 46.2 Å². The van der Waals surface area contributed by atoms with E-state index in [4.69, 9.17) is 14.6 Å². The van der Waals surface area contributed by atoms with Gasteiger partial charge in [-0.2, -0.15) is 26.3 Å². The molecular weight excluding hydrogens is 753 g/mol. The number of ether oxygens (including phenoxy) is 2. The van der Waals surface area contributed by atoms with Gasteiger partial charge in [-0.25, -0.2) is 0 Å². The van der Waals surface area contributed by atoms with Gasteiger partial charge in [-0.05, 0) is 37.5 Å². The molecule has 2 aromatic heterocycles. The van der Waals surface area contributed by atoms with Crippen LogP contribution in [0.3, 0.4) is 0 Å². The number of aromatic nitrogens is 1. The lowest BCUT2D eigenvalue weighted by Gasteiger charge is -2.44. The topological polar surface area (TPSA) is 98.7 Å². The number of morpholine rings is 1. The first-order chi connectivity index (χ1) is 25.8. The van der Waals surface area contributed by atoms with Gasteiger partial charge in [0.05, 0.1) is 35.9 Å². The average Bonchev–Trinajstić information content (AvgIpc) is 3.62. The second-order valence-electron chi connectivity index (χ2n) is 13.3. The zero-order chi connectivity index (χ0) is 38.9. The quantitative estimate of drug-likeness (QED) is 0.226. The van der Waals surface area contributed by atoms with Crippen molar-refractivity contribution >= 4 is 28.8 Å². The second-order valence-corrected chi connectivity index (χ2v) is 14.2. The number of aromatic hydroxyl groups is 1. The summed E-state index contributed by atoms with van der Waals surface area (Å²) < 4.78 is 87.8. The highest BCUT2D eigenvalue weighted by Gasteiger charge is 2.43. The van der Waals surface area contributed by atoms with Crippen molar-refractivity contribution in [3.63, 3.8) is 0 Å². The summed E-state index contributed by atoms with van der Waals surface area (Å²) in [7, 11) is 0. The molecule has 3 saturated heterocycles. The molecule has 2 amide bonds. The highest BCUT2D eigenvalue weighted by Crippen LogP contribution is 2.37. The monoisotopic (exact) mass is 801 g/mol. The van der Waals surface area contributed by atoms with Gasteiger partial charge >= 0.3 is 12.4 Å². The van der Waals surface area contributed by atoms with Gasteiger partial charge in [0.15, 0.2) is 0 Å². The number of amides is 2. The molecule has 3 aromatic rings. The first-order valence-corrected chi connectivity index (χ1v) is 18.9. The summed E-state index contributed by atoms with van der Waals surface area (Å²) >= 11 is 0.481.